The first kappa shape index (κ1) is 22.0. The second-order valence-corrected chi connectivity index (χ2v) is 7.61. The lowest BCUT2D eigenvalue weighted by Gasteiger charge is -2.18. The SMILES string of the molecule is COc1ccc(C(CC(=O)Nc2ccc3nc(-c4cccc(F)c4)[nH]c3c2)NC(C)=O)cc1. The number of nitrogens with one attached hydrogen (secondary N) is 3. The van der Waals surface area contributed by atoms with Gasteiger partial charge in [0.2, 0.25) is 11.8 Å². The number of carbonyl (C=O) groups is 2. The third-order valence-corrected chi connectivity index (χ3v) is 5.15. The molecule has 0 spiro atoms. The zero-order chi connectivity index (χ0) is 23.4. The summed E-state index contributed by atoms with van der Waals surface area (Å²) in [5.74, 6) is 0.404. The second-order valence-electron chi connectivity index (χ2n) is 7.61. The number of halogens is 1. The highest BCUT2D eigenvalue weighted by atomic mass is 19.1. The van der Waals surface area contributed by atoms with E-state index < -0.39 is 6.04 Å². The number of amides is 2. The van der Waals surface area contributed by atoms with Gasteiger partial charge >= 0.3 is 0 Å². The third-order valence-electron chi connectivity index (χ3n) is 5.15. The van der Waals surface area contributed by atoms with E-state index in [0.29, 0.717) is 33.9 Å². The molecule has 0 saturated carbocycles. The van der Waals surface area contributed by atoms with Crippen LogP contribution in [0.5, 0.6) is 5.75 Å². The lowest BCUT2D eigenvalue weighted by molar-refractivity contribution is -0.120. The molecule has 1 aromatic heterocycles. The summed E-state index contributed by atoms with van der Waals surface area (Å²) in [5, 5.41) is 5.68. The number of ether oxygens (including phenoxy) is 1. The number of imidazole rings is 1. The van der Waals surface area contributed by atoms with E-state index in [1.165, 1.54) is 19.1 Å². The van der Waals surface area contributed by atoms with Gasteiger partial charge in [0.25, 0.3) is 0 Å². The molecule has 1 atom stereocenters. The van der Waals surface area contributed by atoms with Crippen LogP contribution in [0.3, 0.4) is 0 Å². The zero-order valence-corrected chi connectivity index (χ0v) is 18.2. The average Bonchev–Trinajstić information content (AvgIpc) is 3.22. The molecule has 0 aliphatic rings. The number of nitrogens with zero attached hydrogens (tertiary/aromatic N) is 1. The molecule has 3 N–H and O–H groups in total. The van der Waals surface area contributed by atoms with Gasteiger partial charge in [-0.05, 0) is 48.0 Å². The number of rotatable bonds is 7. The molecule has 0 aliphatic heterocycles. The van der Waals surface area contributed by atoms with Crippen LogP contribution in [-0.4, -0.2) is 28.9 Å². The largest absolute Gasteiger partial charge is 0.497 e. The maximum absolute atomic E-state index is 13.5. The lowest BCUT2D eigenvalue weighted by atomic mass is 10.0. The smallest absolute Gasteiger partial charge is 0.226 e. The number of benzene rings is 3. The molecule has 4 aromatic rings. The molecule has 1 unspecified atom stereocenters. The van der Waals surface area contributed by atoms with Gasteiger partial charge in [-0.15, -0.1) is 0 Å². The first-order chi connectivity index (χ1) is 15.9. The van der Waals surface area contributed by atoms with Crippen LogP contribution in [0.4, 0.5) is 10.1 Å². The van der Waals surface area contributed by atoms with Crippen molar-refractivity contribution in [3.8, 4) is 17.1 Å². The van der Waals surface area contributed by atoms with Crippen LogP contribution in [0.2, 0.25) is 0 Å². The fraction of sp³-hybridized carbons (Fsp3) is 0.160. The number of methoxy groups -OCH3 is 1. The van der Waals surface area contributed by atoms with Gasteiger partial charge in [-0.1, -0.05) is 24.3 Å². The van der Waals surface area contributed by atoms with E-state index in [4.69, 9.17) is 4.74 Å². The first-order valence-electron chi connectivity index (χ1n) is 10.4. The summed E-state index contributed by atoms with van der Waals surface area (Å²) in [4.78, 5) is 32.1. The van der Waals surface area contributed by atoms with E-state index in [2.05, 4.69) is 20.6 Å². The summed E-state index contributed by atoms with van der Waals surface area (Å²) >= 11 is 0. The summed E-state index contributed by atoms with van der Waals surface area (Å²) in [5.41, 5.74) is 3.42. The van der Waals surface area contributed by atoms with Crippen molar-refractivity contribution in [3.05, 3.63) is 78.1 Å². The van der Waals surface area contributed by atoms with Crippen molar-refractivity contribution in [2.45, 2.75) is 19.4 Å². The molecule has 1 heterocycles. The van der Waals surface area contributed by atoms with Crippen molar-refractivity contribution in [3.63, 3.8) is 0 Å². The maximum Gasteiger partial charge on any atom is 0.226 e. The number of aromatic nitrogens is 2. The Hall–Kier alpha value is -4.20. The number of carbonyl (C=O) groups excluding carboxylic acids is 2. The Bertz CT molecular complexity index is 1300. The van der Waals surface area contributed by atoms with Crippen molar-refractivity contribution >= 4 is 28.5 Å². The van der Waals surface area contributed by atoms with Gasteiger partial charge in [-0.2, -0.15) is 0 Å². The number of hydrogen-bond acceptors (Lipinski definition) is 4. The van der Waals surface area contributed by atoms with E-state index in [1.807, 2.05) is 12.1 Å². The van der Waals surface area contributed by atoms with Gasteiger partial charge in [0.15, 0.2) is 0 Å². The number of hydrogen-bond donors (Lipinski definition) is 3. The van der Waals surface area contributed by atoms with Gasteiger partial charge in [0.05, 0.1) is 30.6 Å². The van der Waals surface area contributed by atoms with Crippen molar-refractivity contribution < 1.29 is 18.7 Å². The van der Waals surface area contributed by atoms with E-state index >= 15 is 0 Å². The molecule has 0 radical (unpaired) electrons. The summed E-state index contributed by atoms with van der Waals surface area (Å²) in [6, 6.07) is 18.2. The molecule has 2 amide bonds. The monoisotopic (exact) mass is 446 g/mol. The second kappa shape index (κ2) is 9.52. The van der Waals surface area contributed by atoms with Crippen molar-refractivity contribution in [2.24, 2.45) is 0 Å². The van der Waals surface area contributed by atoms with Crippen LogP contribution in [0.25, 0.3) is 22.4 Å². The molecule has 0 fully saturated rings. The topological polar surface area (TPSA) is 96.1 Å². The molecule has 8 heteroatoms. The average molecular weight is 446 g/mol. The number of H-pyrrole nitrogens is 1. The Morgan fingerprint density at radius 3 is 2.58 bits per heavy atom. The molecule has 33 heavy (non-hydrogen) atoms. The normalized spacial score (nSPS) is 11.7. The number of fused-ring (bicyclic) bond motifs is 1. The molecule has 168 valence electrons. The van der Waals surface area contributed by atoms with Crippen molar-refractivity contribution in [1.29, 1.82) is 0 Å². The Labute approximate surface area is 190 Å². The molecule has 0 saturated heterocycles. The van der Waals surface area contributed by atoms with E-state index in [0.717, 1.165) is 5.56 Å². The zero-order valence-electron chi connectivity index (χ0n) is 18.2. The van der Waals surface area contributed by atoms with E-state index in [9.17, 15) is 14.0 Å². The Balaban J connectivity index is 1.50. The quantitative estimate of drug-likeness (QED) is 0.387. The number of anilines is 1. The minimum Gasteiger partial charge on any atom is -0.497 e. The van der Waals surface area contributed by atoms with Crippen molar-refractivity contribution in [1.82, 2.24) is 15.3 Å². The Morgan fingerprint density at radius 2 is 1.88 bits per heavy atom. The fourth-order valence-electron chi connectivity index (χ4n) is 3.59. The molecule has 4 rings (SSSR count). The highest BCUT2D eigenvalue weighted by Crippen LogP contribution is 2.25. The van der Waals surface area contributed by atoms with Gasteiger partial charge in [0, 0.05) is 18.2 Å². The standard InChI is InChI=1S/C25H23FN4O3/c1-15(31)27-22(16-6-9-20(33-2)10-7-16)14-24(32)28-19-8-11-21-23(13-19)30-25(29-21)17-4-3-5-18(26)12-17/h3-13,22H,14H2,1-2H3,(H,27,31)(H,28,32)(H,29,30). The number of aromatic amines is 1. The predicted octanol–water partition coefficient (Wildman–Crippen LogP) is 4.58. The molecule has 0 aliphatic carbocycles. The third kappa shape index (κ3) is 5.35. The van der Waals surface area contributed by atoms with Crippen LogP contribution in [0.15, 0.2) is 66.7 Å². The minimum atomic E-state index is -0.483. The van der Waals surface area contributed by atoms with Crippen LogP contribution < -0.4 is 15.4 Å². The Morgan fingerprint density at radius 1 is 1.09 bits per heavy atom. The van der Waals surface area contributed by atoms with Gasteiger partial charge < -0.3 is 20.4 Å². The minimum absolute atomic E-state index is 0.0570. The Kier molecular flexibility index (Phi) is 6.35. The predicted molar refractivity (Wildman–Crippen MR) is 124 cm³/mol. The lowest BCUT2D eigenvalue weighted by Crippen LogP contribution is -2.29. The molecule has 3 aromatic carbocycles. The summed E-state index contributed by atoms with van der Waals surface area (Å²) < 4.78 is 18.7. The van der Waals surface area contributed by atoms with Gasteiger partial charge in [-0.3, -0.25) is 9.59 Å². The summed E-state index contributed by atoms with van der Waals surface area (Å²) in [6.07, 6.45) is 0.0570. The molecule has 0 bridgehead atoms. The van der Waals surface area contributed by atoms with Crippen LogP contribution in [0.1, 0.15) is 24.9 Å². The van der Waals surface area contributed by atoms with Crippen molar-refractivity contribution in [2.75, 3.05) is 12.4 Å². The molecule has 7 nitrogen and oxygen atoms in total. The summed E-state index contributed by atoms with van der Waals surface area (Å²) in [6.45, 7) is 1.41. The van der Waals surface area contributed by atoms with Crippen LogP contribution in [0, 0.1) is 5.82 Å². The van der Waals surface area contributed by atoms with E-state index in [1.54, 1.807) is 49.6 Å². The fourth-order valence-corrected chi connectivity index (χ4v) is 3.59. The van der Waals surface area contributed by atoms with E-state index in [-0.39, 0.29) is 24.1 Å². The van der Waals surface area contributed by atoms with Gasteiger partial charge in [0.1, 0.15) is 17.4 Å². The maximum atomic E-state index is 13.5. The highest BCUT2D eigenvalue weighted by molar-refractivity contribution is 5.94. The first-order valence-corrected chi connectivity index (χ1v) is 10.4. The molecular weight excluding hydrogens is 423 g/mol. The molecular formula is C25H23FN4O3. The van der Waals surface area contributed by atoms with Crippen LogP contribution in [-0.2, 0) is 9.59 Å². The highest BCUT2D eigenvalue weighted by Gasteiger charge is 2.18. The van der Waals surface area contributed by atoms with Gasteiger partial charge in [-0.25, -0.2) is 9.37 Å². The van der Waals surface area contributed by atoms with Crippen LogP contribution >= 0.6 is 0 Å². The summed E-state index contributed by atoms with van der Waals surface area (Å²) in [7, 11) is 1.57.